The molecule has 2 aromatic carbocycles. The summed E-state index contributed by atoms with van der Waals surface area (Å²) in [7, 11) is 0. The number of hydrogen-bond donors (Lipinski definition) is 1. The van der Waals surface area contributed by atoms with E-state index in [9.17, 15) is 9.59 Å². The highest BCUT2D eigenvalue weighted by Crippen LogP contribution is 2.33. The van der Waals surface area contributed by atoms with Crippen LogP contribution in [0.25, 0.3) is 0 Å². The quantitative estimate of drug-likeness (QED) is 0.870. The maximum Gasteiger partial charge on any atom is 0.231 e. The number of nitrogens with one attached hydrogen (secondary N) is 1. The Labute approximate surface area is 160 Å². The molecule has 2 amide bonds. The number of fused-ring (bicyclic) bond motifs is 1. The van der Waals surface area contributed by atoms with Gasteiger partial charge in [0.25, 0.3) is 0 Å². The van der Waals surface area contributed by atoms with Crippen molar-refractivity contribution in [1.82, 2.24) is 4.90 Å². The highest BCUT2D eigenvalue weighted by Gasteiger charge is 2.34. The zero-order chi connectivity index (χ0) is 18.8. The number of anilines is 1. The van der Waals surface area contributed by atoms with Gasteiger partial charge in [0.1, 0.15) is 0 Å². The molecule has 4 heteroatoms. The standard InChI is InChI=1S/C23H26N2O2/c1-2-21(17-6-4-3-5-7-17)22(26)24-20-11-10-16-12-13-25(15-19(16)14-20)23(27)18-8-9-18/h3-7,10-11,14,18,21H,2,8-9,12-13,15H2,1H3,(H,24,26). The van der Waals surface area contributed by atoms with Gasteiger partial charge in [-0.1, -0.05) is 43.3 Å². The Balaban J connectivity index is 1.47. The minimum absolute atomic E-state index is 0.0189. The van der Waals surface area contributed by atoms with Crippen molar-refractivity contribution in [2.75, 3.05) is 11.9 Å². The molecule has 1 N–H and O–H groups in total. The molecule has 0 bridgehead atoms. The summed E-state index contributed by atoms with van der Waals surface area (Å²) in [6, 6.07) is 16.0. The Morgan fingerprint density at radius 1 is 1.11 bits per heavy atom. The van der Waals surface area contributed by atoms with Crippen LogP contribution in [-0.2, 0) is 22.6 Å². The zero-order valence-corrected chi connectivity index (χ0v) is 15.8. The highest BCUT2D eigenvalue weighted by molar-refractivity contribution is 5.96. The summed E-state index contributed by atoms with van der Waals surface area (Å²) in [5.41, 5.74) is 4.29. The predicted molar refractivity (Wildman–Crippen MR) is 106 cm³/mol. The van der Waals surface area contributed by atoms with E-state index in [1.165, 1.54) is 5.56 Å². The van der Waals surface area contributed by atoms with Crippen molar-refractivity contribution in [2.24, 2.45) is 5.92 Å². The molecule has 1 saturated carbocycles. The molecular formula is C23H26N2O2. The number of amides is 2. The molecule has 1 heterocycles. The van der Waals surface area contributed by atoms with Crippen LogP contribution in [0.2, 0.25) is 0 Å². The fourth-order valence-electron chi connectivity index (χ4n) is 3.90. The maximum atomic E-state index is 12.8. The largest absolute Gasteiger partial charge is 0.338 e. The topological polar surface area (TPSA) is 49.4 Å². The third kappa shape index (κ3) is 3.90. The molecule has 2 aliphatic rings. The van der Waals surface area contributed by atoms with Crippen LogP contribution in [0, 0.1) is 5.92 Å². The SMILES string of the molecule is CCC(C(=O)Nc1ccc2c(c1)CN(C(=O)C1CC1)CC2)c1ccccc1. The lowest BCUT2D eigenvalue weighted by Crippen LogP contribution is -2.36. The minimum Gasteiger partial charge on any atom is -0.338 e. The molecule has 0 aromatic heterocycles. The summed E-state index contributed by atoms with van der Waals surface area (Å²) in [6.45, 7) is 3.50. The van der Waals surface area contributed by atoms with E-state index in [4.69, 9.17) is 0 Å². The van der Waals surface area contributed by atoms with E-state index in [0.717, 1.165) is 49.0 Å². The second-order valence-corrected chi connectivity index (χ2v) is 7.63. The van der Waals surface area contributed by atoms with E-state index in [1.54, 1.807) is 0 Å². The van der Waals surface area contributed by atoms with Crippen LogP contribution < -0.4 is 5.32 Å². The molecule has 0 spiro atoms. The Morgan fingerprint density at radius 2 is 1.89 bits per heavy atom. The van der Waals surface area contributed by atoms with Gasteiger partial charge in [-0.15, -0.1) is 0 Å². The Kier molecular flexibility index (Phi) is 4.97. The van der Waals surface area contributed by atoms with Crippen LogP contribution in [0.3, 0.4) is 0 Å². The van der Waals surface area contributed by atoms with Crippen molar-refractivity contribution in [3.63, 3.8) is 0 Å². The summed E-state index contributed by atoms with van der Waals surface area (Å²) in [5.74, 6) is 0.413. The molecule has 1 unspecified atom stereocenters. The lowest BCUT2D eigenvalue weighted by atomic mass is 9.95. The highest BCUT2D eigenvalue weighted by atomic mass is 16.2. The fraction of sp³-hybridized carbons (Fsp3) is 0.391. The number of rotatable bonds is 5. The average molecular weight is 362 g/mol. The fourth-order valence-corrected chi connectivity index (χ4v) is 3.90. The van der Waals surface area contributed by atoms with Gasteiger partial charge in [0, 0.05) is 24.7 Å². The van der Waals surface area contributed by atoms with Gasteiger partial charge in [-0.05, 0) is 54.5 Å². The predicted octanol–water partition coefficient (Wildman–Crippen LogP) is 4.11. The molecule has 27 heavy (non-hydrogen) atoms. The van der Waals surface area contributed by atoms with Crippen molar-refractivity contribution in [1.29, 1.82) is 0 Å². The molecule has 0 radical (unpaired) electrons. The summed E-state index contributed by atoms with van der Waals surface area (Å²) in [6.07, 6.45) is 3.72. The number of benzene rings is 2. The van der Waals surface area contributed by atoms with Crippen LogP contribution >= 0.6 is 0 Å². The van der Waals surface area contributed by atoms with Crippen molar-refractivity contribution < 1.29 is 9.59 Å². The maximum absolute atomic E-state index is 12.8. The summed E-state index contributed by atoms with van der Waals surface area (Å²) < 4.78 is 0. The van der Waals surface area contributed by atoms with Crippen LogP contribution in [-0.4, -0.2) is 23.3 Å². The summed E-state index contributed by atoms with van der Waals surface area (Å²) in [5, 5.41) is 3.08. The Bertz CT molecular complexity index is 843. The van der Waals surface area contributed by atoms with E-state index in [2.05, 4.69) is 11.4 Å². The minimum atomic E-state index is -0.157. The first-order valence-corrected chi connectivity index (χ1v) is 9.92. The first kappa shape index (κ1) is 17.8. The van der Waals surface area contributed by atoms with E-state index in [-0.39, 0.29) is 17.7 Å². The smallest absolute Gasteiger partial charge is 0.231 e. The van der Waals surface area contributed by atoms with E-state index in [1.807, 2.05) is 54.3 Å². The van der Waals surface area contributed by atoms with Gasteiger partial charge in [0.05, 0.1) is 5.92 Å². The number of hydrogen-bond acceptors (Lipinski definition) is 2. The van der Waals surface area contributed by atoms with E-state index < -0.39 is 0 Å². The van der Waals surface area contributed by atoms with E-state index in [0.29, 0.717) is 12.5 Å². The first-order valence-electron chi connectivity index (χ1n) is 9.92. The summed E-state index contributed by atoms with van der Waals surface area (Å²) in [4.78, 5) is 27.2. The van der Waals surface area contributed by atoms with Crippen LogP contribution in [0.15, 0.2) is 48.5 Å². The molecule has 1 atom stereocenters. The molecule has 1 fully saturated rings. The average Bonchev–Trinajstić information content (AvgIpc) is 3.53. The molecule has 2 aromatic rings. The van der Waals surface area contributed by atoms with Crippen molar-refractivity contribution >= 4 is 17.5 Å². The van der Waals surface area contributed by atoms with Gasteiger partial charge < -0.3 is 10.2 Å². The van der Waals surface area contributed by atoms with Crippen LogP contribution in [0.1, 0.15) is 48.8 Å². The molecule has 4 rings (SSSR count). The Morgan fingerprint density at radius 3 is 2.59 bits per heavy atom. The Hall–Kier alpha value is -2.62. The normalized spacial score (nSPS) is 17.1. The first-order chi connectivity index (χ1) is 13.2. The monoisotopic (exact) mass is 362 g/mol. The third-order valence-electron chi connectivity index (χ3n) is 5.65. The molecule has 4 nitrogen and oxygen atoms in total. The van der Waals surface area contributed by atoms with Gasteiger partial charge in [0.15, 0.2) is 0 Å². The van der Waals surface area contributed by atoms with Crippen molar-refractivity contribution in [2.45, 2.75) is 45.1 Å². The number of nitrogens with zero attached hydrogens (tertiary/aromatic N) is 1. The second-order valence-electron chi connectivity index (χ2n) is 7.63. The molecular weight excluding hydrogens is 336 g/mol. The lowest BCUT2D eigenvalue weighted by Gasteiger charge is -2.29. The van der Waals surface area contributed by atoms with Gasteiger partial charge in [-0.3, -0.25) is 9.59 Å². The van der Waals surface area contributed by atoms with E-state index >= 15 is 0 Å². The zero-order valence-electron chi connectivity index (χ0n) is 15.8. The van der Waals surface area contributed by atoms with Crippen LogP contribution in [0.4, 0.5) is 5.69 Å². The third-order valence-corrected chi connectivity index (χ3v) is 5.65. The number of carbonyl (C=O) groups is 2. The summed E-state index contributed by atoms with van der Waals surface area (Å²) >= 11 is 0. The van der Waals surface area contributed by atoms with Crippen LogP contribution in [0.5, 0.6) is 0 Å². The van der Waals surface area contributed by atoms with Crippen molar-refractivity contribution in [3.8, 4) is 0 Å². The number of carbonyl (C=O) groups excluding carboxylic acids is 2. The second kappa shape index (κ2) is 7.55. The van der Waals surface area contributed by atoms with Gasteiger partial charge in [-0.25, -0.2) is 0 Å². The lowest BCUT2D eigenvalue weighted by molar-refractivity contribution is -0.133. The molecule has 0 saturated heterocycles. The molecule has 140 valence electrons. The molecule has 1 aliphatic heterocycles. The van der Waals surface area contributed by atoms with Gasteiger partial charge >= 0.3 is 0 Å². The van der Waals surface area contributed by atoms with Crippen molar-refractivity contribution in [3.05, 3.63) is 65.2 Å². The molecule has 1 aliphatic carbocycles. The van der Waals surface area contributed by atoms with Gasteiger partial charge in [0.2, 0.25) is 11.8 Å². The van der Waals surface area contributed by atoms with Gasteiger partial charge in [-0.2, -0.15) is 0 Å².